The van der Waals surface area contributed by atoms with E-state index in [1.807, 2.05) is 0 Å². The highest BCUT2D eigenvalue weighted by Crippen LogP contribution is 2.37. The number of aryl methyl sites for hydroxylation is 1. The van der Waals surface area contributed by atoms with Crippen LogP contribution >= 0.6 is 0 Å². The Balaban J connectivity index is 2.28. The summed E-state index contributed by atoms with van der Waals surface area (Å²) in [6.45, 7) is 0.810. The van der Waals surface area contributed by atoms with Gasteiger partial charge in [0.1, 0.15) is 0 Å². The van der Waals surface area contributed by atoms with E-state index in [4.69, 9.17) is 5.73 Å². The Labute approximate surface area is 98.2 Å². The molecule has 1 heterocycles. The SMILES string of the molecule is CN(C)C1CC(CCN)Cc2c1ccn2C. The van der Waals surface area contributed by atoms with E-state index in [2.05, 4.69) is 42.9 Å². The Bertz CT molecular complexity index is 354. The Morgan fingerprint density at radius 1 is 1.50 bits per heavy atom. The van der Waals surface area contributed by atoms with Crippen LogP contribution in [0.1, 0.15) is 30.1 Å². The highest BCUT2D eigenvalue weighted by atomic mass is 15.1. The van der Waals surface area contributed by atoms with Crippen LogP contribution in [0.3, 0.4) is 0 Å². The van der Waals surface area contributed by atoms with Crippen LogP contribution in [0.15, 0.2) is 12.3 Å². The van der Waals surface area contributed by atoms with Gasteiger partial charge in [0.15, 0.2) is 0 Å². The predicted molar refractivity (Wildman–Crippen MR) is 67.3 cm³/mol. The van der Waals surface area contributed by atoms with Crippen LogP contribution in [-0.2, 0) is 13.5 Å². The number of rotatable bonds is 3. The van der Waals surface area contributed by atoms with Crippen molar-refractivity contribution < 1.29 is 0 Å². The van der Waals surface area contributed by atoms with E-state index in [1.165, 1.54) is 24.1 Å². The van der Waals surface area contributed by atoms with Crippen molar-refractivity contribution in [2.45, 2.75) is 25.3 Å². The Hall–Kier alpha value is -0.800. The average Bonchev–Trinajstić information content (AvgIpc) is 2.60. The van der Waals surface area contributed by atoms with Gasteiger partial charge >= 0.3 is 0 Å². The van der Waals surface area contributed by atoms with Gasteiger partial charge in [0.05, 0.1) is 0 Å². The highest BCUT2D eigenvalue weighted by Gasteiger charge is 2.29. The van der Waals surface area contributed by atoms with Gasteiger partial charge in [-0.3, -0.25) is 0 Å². The number of hydrogen-bond acceptors (Lipinski definition) is 2. The first-order valence-electron chi connectivity index (χ1n) is 6.14. The number of hydrogen-bond donors (Lipinski definition) is 1. The van der Waals surface area contributed by atoms with Crippen molar-refractivity contribution >= 4 is 0 Å². The summed E-state index contributed by atoms with van der Waals surface area (Å²) in [6, 6.07) is 2.85. The van der Waals surface area contributed by atoms with Gasteiger partial charge in [-0.2, -0.15) is 0 Å². The van der Waals surface area contributed by atoms with Crippen molar-refractivity contribution in [3.05, 3.63) is 23.5 Å². The van der Waals surface area contributed by atoms with Crippen LogP contribution in [0.25, 0.3) is 0 Å². The second kappa shape index (κ2) is 4.60. The summed E-state index contributed by atoms with van der Waals surface area (Å²) in [6.07, 6.45) is 5.78. The van der Waals surface area contributed by atoms with Crippen molar-refractivity contribution in [1.82, 2.24) is 9.47 Å². The predicted octanol–water partition coefficient (Wildman–Crippen LogP) is 1.54. The molecule has 1 aromatic rings. The van der Waals surface area contributed by atoms with Crippen molar-refractivity contribution in [2.75, 3.05) is 20.6 Å². The average molecular weight is 221 g/mol. The normalized spacial score (nSPS) is 24.8. The van der Waals surface area contributed by atoms with Gasteiger partial charge in [-0.1, -0.05) is 0 Å². The van der Waals surface area contributed by atoms with E-state index in [0.717, 1.165) is 18.9 Å². The van der Waals surface area contributed by atoms with Gasteiger partial charge in [-0.25, -0.2) is 0 Å². The van der Waals surface area contributed by atoms with Crippen LogP contribution in [0.5, 0.6) is 0 Å². The molecule has 0 bridgehead atoms. The lowest BCUT2D eigenvalue weighted by Gasteiger charge is -2.34. The first-order chi connectivity index (χ1) is 7.63. The molecule has 0 aromatic carbocycles. The summed E-state index contributed by atoms with van der Waals surface area (Å²) < 4.78 is 2.27. The fourth-order valence-electron chi connectivity index (χ4n) is 2.89. The molecule has 0 radical (unpaired) electrons. The minimum atomic E-state index is 0.571. The van der Waals surface area contributed by atoms with E-state index in [0.29, 0.717) is 6.04 Å². The lowest BCUT2D eigenvalue weighted by molar-refractivity contribution is 0.223. The third-order valence-corrected chi connectivity index (χ3v) is 3.83. The monoisotopic (exact) mass is 221 g/mol. The van der Waals surface area contributed by atoms with Crippen LogP contribution in [0.2, 0.25) is 0 Å². The summed E-state index contributed by atoms with van der Waals surface area (Å²) in [4.78, 5) is 2.33. The van der Waals surface area contributed by atoms with Gasteiger partial charge < -0.3 is 15.2 Å². The molecule has 0 spiro atoms. The lowest BCUT2D eigenvalue weighted by Crippen LogP contribution is -2.29. The Kier molecular flexibility index (Phi) is 3.36. The van der Waals surface area contributed by atoms with Crippen LogP contribution < -0.4 is 5.73 Å². The quantitative estimate of drug-likeness (QED) is 0.840. The maximum absolute atomic E-state index is 5.69. The van der Waals surface area contributed by atoms with E-state index in [-0.39, 0.29) is 0 Å². The molecule has 16 heavy (non-hydrogen) atoms. The van der Waals surface area contributed by atoms with Crippen LogP contribution in [0.4, 0.5) is 0 Å². The molecule has 2 N–H and O–H groups in total. The second-order valence-corrected chi connectivity index (χ2v) is 5.19. The lowest BCUT2D eigenvalue weighted by atomic mass is 9.82. The number of fused-ring (bicyclic) bond motifs is 1. The minimum Gasteiger partial charge on any atom is -0.354 e. The molecule has 2 unspecified atom stereocenters. The molecular formula is C13H23N3. The van der Waals surface area contributed by atoms with Gasteiger partial charge in [0, 0.05) is 25.0 Å². The van der Waals surface area contributed by atoms with Gasteiger partial charge in [-0.05, 0) is 57.5 Å². The summed E-state index contributed by atoms with van der Waals surface area (Å²) >= 11 is 0. The van der Waals surface area contributed by atoms with Crippen LogP contribution in [0, 0.1) is 5.92 Å². The molecule has 1 aliphatic rings. The van der Waals surface area contributed by atoms with Gasteiger partial charge in [0.25, 0.3) is 0 Å². The van der Waals surface area contributed by atoms with Crippen LogP contribution in [-0.4, -0.2) is 30.1 Å². The topological polar surface area (TPSA) is 34.2 Å². The summed E-state index contributed by atoms with van der Waals surface area (Å²) in [5.41, 5.74) is 8.71. The van der Waals surface area contributed by atoms with Crippen molar-refractivity contribution in [3.8, 4) is 0 Å². The zero-order valence-corrected chi connectivity index (χ0v) is 10.6. The number of nitrogens with zero attached hydrogens (tertiary/aromatic N) is 2. The van der Waals surface area contributed by atoms with Crippen molar-refractivity contribution in [2.24, 2.45) is 18.7 Å². The van der Waals surface area contributed by atoms with E-state index < -0.39 is 0 Å². The molecule has 3 heteroatoms. The first-order valence-corrected chi connectivity index (χ1v) is 6.14. The summed E-state index contributed by atoms with van der Waals surface area (Å²) in [5, 5.41) is 0. The molecule has 3 nitrogen and oxygen atoms in total. The largest absolute Gasteiger partial charge is 0.354 e. The molecule has 0 saturated heterocycles. The molecule has 0 saturated carbocycles. The van der Waals surface area contributed by atoms with E-state index >= 15 is 0 Å². The number of nitrogens with two attached hydrogens (primary N) is 1. The number of aromatic nitrogens is 1. The first kappa shape index (κ1) is 11.7. The second-order valence-electron chi connectivity index (χ2n) is 5.19. The summed E-state index contributed by atoms with van der Waals surface area (Å²) in [7, 11) is 6.49. The Morgan fingerprint density at radius 2 is 2.25 bits per heavy atom. The molecule has 0 amide bonds. The van der Waals surface area contributed by atoms with E-state index in [9.17, 15) is 0 Å². The molecule has 1 aromatic heterocycles. The van der Waals surface area contributed by atoms with Crippen molar-refractivity contribution in [1.29, 1.82) is 0 Å². The molecule has 0 fully saturated rings. The van der Waals surface area contributed by atoms with Gasteiger partial charge in [0.2, 0.25) is 0 Å². The molecular weight excluding hydrogens is 198 g/mol. The molecule has 2 rings (SSSR count). The van der Waals surface area contributed by atoms with Gasteiger partial charge in [-0.15, -0.1) is 0 Å². The molecule has 90 valence electrons. The zero-order valence-electron chi connectivity index (χ0n) is 10.6. The maximum atomic E-state index is 5.69. The highest BCUT2D eigenvalue weighted by molar-refractivity contribution is 5.29. The van der Waals surface area contributed by atoms with E-state index in [1.54, 1.807) is 0 Å². The third-order valence-electron chi connectivity index (χ3n) is 3.83. The fourth-order valence-corrected chi connectivity index (χ4v) is 2.89. The van der Waals surface area contributed by atoms with Crippen molar-refractivity contribution in [3.63, 3.8) is 0 Å². The maximum Gasteiger partial charge on any atom is 0.0362 e. The molecule has 1 aliphatic carbocycles. The fraction of sp³-hybridized carbons (Fsp3) is 0.692. The standard InChI is InChI=1S/C13H23N3/c1-15(2)12-8-10(4-6-14)9-13-11(12)5-7-16(13)3/h5,7,10,12H,4,6,8-9,14H2,1-3H3. The summed E-state index contributed by atoms with van der Waals surface area (Å²) in [5.74, 6) is 0.749. The minimum absolute atomic E-state index is 0.571. The molecule has 2 atom stereocenters. The Morgan fingerprint density at radius 3 is 2.88 bits per heavy atom. The smallest absolute Gasteiger partial charge is 0.0362 e. The zero-order chi connectivity index (χ0) is 11.7. The molecule has 0 aliphatic heterocycles. The third kappa shape index (κ3) is 2.02.